The fraction of sp³-hybridized carbons (Fsp3) is 0.524. The molecule has 30 heavy (non-hydrogen) atoms. The van der Waals surface area contributed by atoms with E-state index >= 15 is 0 Å². The minimum atomic E-state index is -0.305. The predicted octanol–water partition coefficient (Wildman–Crippen LogP) is 0.900. The number of carbonyl (C=O) groups is 1. The van der Waals surface area contributed by atoms with Crippen molar-refractivity contribution in [3.63, 3.8) is 0 Å². The molecule has 2 fully saturated rings. The van der Waals surface area contributed by atoms with Gasteiger partial charge in [-0.05, 0) is 31.9 Å². The molecule has 0 aliphatic carbocycles. The maximum Gasteiger partial charge on any atom is 0.270 e. The Hall–Kier alpha value is -2.15. The summed E-state index contributed by atoms with van der Waals surface area (Å²) in [7, 11) is 3.85. The molecule has 0 unspecified atom stereocenters. The summed E-state index contributed by atoms with van der Waals surface area (Å²) >= 11 is 6.74. The van der Waals surface area contributed by atoms with Gasteiger partial charge in [0.25, 0.3) is 11.5 Å². The van der Waals surface area contributed by atoms with E-state index in [1.165, 1.54) is 16.7 Å². The molecule has 0 radical (unpaired) electrons. The number of thiocarbonyl (C=S) groups is 1. The van der Waals surface area contributed by atoms with E-state index in [0.717, 1.165) is 44.0 Å². The van der Waals surface area contributed by atoms with Crippen LogP contribution in [0.1, 0.15) is 37.0 Å². The molecule has 2 aliphatic heterocycles. The Morgan fingerprint density at radius 2 is 1.97 bits per heavy atom. The van der Waals surface area contributed by atoms with Gasteiger partial charge in [0.05, 0.1) is 38.1 Å². The van der Waals surface area contributed by atoms with Crippen molar-refractivity contribution in [1.82, 2.24) is 9.47 Å². The van der Waals surface area contributed by atoms with E-state index < -0.39 is 0 Å². The van der Waals surface area contributed by atoms with E-state index in [-0.39, 0.29) is 23.1 Å². The number of nitrogens with one attached hydrogen (secondary N) is 1. The highest BCUT2D eigenvalue weighted by Gasteiger charge is 2.35. The maximum absolute atomic E-state index is 13.1. The van der Waals surface area contributed by atoms with Crippen molar-refractivity contribution >= 4 is 46.1 Å². The van der Waals surface area contributed by atoms with E-state index in [9.17, 15) is 14.9 Å². The molecular formula is C21H28N5O2S2+. The number of pyridine rings is 1. The molecule has 7 nitrogen and oxygen atoms in total. The zero-order valence-electron chi connectivity index (χ0n) is 18.1. The summed E-state index contributed by atoms with van der Waals surface area (Å²) in [5, 5.41) is 9.58. The summed E-state index contributed by atoms with van der Waals surface area (Å²) in [4.78, 5) is 31.7. The second kappa shape index (κ2) is 8.92. The third-order valence-electron chi connectivity index (χ3n) is 6.02. The second-order valence-electron chi connectivity index (χ2n) is 7.97. The first-order chi connectivity index (χ1) is 14.2. The van der Waals surface area contributed by atoms with Crippen molar-refractivity contribution in [2.75, 3.05) is 38.1 Å². The number of piperazine rings is 1. The summed E-state index contributed by atoms with van der Waals surface area (Å²) in [5.41, 5.74) is 1.17. The normalized spacial score (nSPS) is 20.2. The van der Waals surface area contributed by atoms with Crippen LogP contribution in [0.2, 0.25) is 0 Å². The van der Waals surface area contributed by atoms with Crippen molar-refractivity contribution in [3.05, 3.63) is 31.9 Å². The van der Waals surface area contributed by atoms with Gasteiger partial charge in [0.15, 0.2) is 0 Å². The van der Waals surface area contributed by atoms with Crippen molar-refractivity contribution in [3.8, 4) is 6.07 Å². The molecule has 1 aromatic heterocycles. The Balaban J connectivity index is 2.16. The highest BCUT2D eigenvalue weighted by molar-refractivity contribution is 8.26. The standard InChI is InChI=1S/C21H27N5O2S2/c1-6-13(2)26-20(28)17(30-21(26)29)11-15-14(3)16(12-22)19(27)24(5)18(15)25-9-7-23(4)8-10-25/h11,13H,6-10H2,1-5H3/p+1/b17-11-/t13-/m0/s1. The van der Waals surface area contributed by atoms with Crippen LogP contribution in [0.3, 0.4) is 0 Å². The number of hydrogen-bond acceptors (Lipinski definition) is 6. The van der Waals surface area contributed by atoms with Gasteiger partial charge in [-0.15, -0.1) is 0 Å². The van der Waals surface area contributed by atoms with E-state index in [1.807, 2.05) is 26.0 Å². The minimum absolute atomic E-state index is 0.0272. The van der Waals surface area contributed by atoms with Gasteiger partial charge in [0.2, 0.25) is 0 Å². The van der Waals surface area contributed by atoms with Crippen LogP contribution < -0.4 is 15.4 Å². The molecule has 1 N–H and O–H groups in total. The van der Waals surface area contributed by atoms with Crippen LogP contribution in [-0.4, -0.2) is 59.0 Å². The van der Waals surface area contributed by atoms with Gasteiger partial charge in [-0.2, -0.15) is 5.26 Å². The maximum atomic E-state index is 13.1. The Morgan fingerprint density at radius 1 is 1.33 bits per heavy atom. The Labute approximate surface area is 186 Å². The van der Waals surface area contributed by atoms with Crippen LogP contribution in [0.15, 0.2) is 9.70 Å². The zero-order valence-corrected chi connectivity index (χ0v) is 19.7. The van der Waals surface area contributed by atoms with Crippen molar-refractivity contribution in [2.45, 2.75) is 33.2 Å². The van der Waals surface area contributed by atoms with Crippen LogP contribution in [0, 0.1) is 18.3 Å². The number of rotatable bonds is 4. The SMILES string of the molecule is CC[C@H](C)N1C(=O)/C(=C/c2c(C)c(C#N)c(=O)n(C)c2N2CC[NH+](C)CC2)SC1=S. The number of amides is 1. The number of nitriles is 1. The third kappa shape index (κ3) is 3.92. The van der Waals surface area contributed by atoms with Crippen molar-refractivity contribution in [1.29, 1.82) is 5.26 Å². The third-order valence-corrected chi connectivity index (χ3v) is 7.35. The average Bonchev–Trinajstić information content (AvgIpc) is 3.00. The topological polar surface area (TPSA) is 73.8 Å². The summed E-state index contributed by atoms with van der Waals surface area (Å²) in [6.45, 7) is 9.32. The number of carbonyl (C=O) groups excluding carboxylic acids is 1. The number of thioether (sulfide) groups is 1. The summed E-state index contributed by atoms with van der Waals surface area (Å²) in [6, 6.07) is 2.08. The molecule has 160 valence electrons. The lowest BCUT2D eigenvalue weighted by Crippen LogP contribution is -3.12. The minimum Gasteiger partial charge on any atom is -0.346 e. The summed E-state index contributed by atoms with van der Waals surface area (Å²) < 4.78 is 2.10. The first-order valence-corrected chi connectivity index (χ1v) is 11.4. The molecule has 9 heteroatoms. The zero-order chi connectivity index (χ0) is 22.2. The monoisotopic (exact) mass is 446 g/mol. The van der Waals surface area contributed by atoms with Crippen molar-refractivity contribution < 1.29 is 9.69 Å². The lowest BCUT2D eigenvalue weighted by molar-refractivity contribution is -0.880. The second-order valence-corrected chi connectivity index (χ2v) is 9.64. The largest absolute Gasteiger partial charge is 0.346 e. The smallest absolute Gasteiger partial charge is 0.270 e. The average molecular weight is 447 g/mol. The van der Waals surface area contributed by atoms with E-state index in [2.05, 4.69) is 11.9 Å². The first-order valence-electron chi connectivity index (χ1n) is 10.2. The molecule has 2 saturated heterocycles. The molecule has 3 rings (SSSR count). The van der Waals surface area contributed by atoms with Gasteiger partial charge in [0, 0.05) is 18.7 Å². The quantitative estimate of drug-likeness (QED) is 0.547. The lowest BCUT2D eigenvalue weighted by Gasteiger charge is -2.34. The van der Waals surface area contributed by atoms with Gasteiger partial charge in [-0.1, -0.05) is 30.9 Å². The molecule has 1 amide bonds. The highest BCUT2D eigenvalue weighted by atomic mass is 32.2. The van der Waals surface area contributed by atoms with Crippen LogP contribution in [0.4, 0.5) is 5.82 Å². The van der Waals surface area contributed by atoms with E-state index in [0.29, 0.717) is 14.8 Å². The van der Waals surface area contributed by atoms with E-state index in [1.54, 1.807) is 23.4 Å². The van der Waals surface area contributed by atoms with E-state index in [4.69, 9.17) is 12.2 Å². The lowest BCUT2D eigenvalue weighted by atomic mass is 10.0. The molecule has 2 aliphatic rings. The summed E-state index contributed by atoms with van der Waals surface area (Å²) in [5.74, 6) is 0.651. The number of quaternary nitrogens is 1. The number of hydrogen-bond donors (Lipinski definition) is 1. The first kappa shape index (κ1) is 22.5. The molecule has 0 bridgehead atoms. The Kier molecular flexibility index (Phi) is 6.70. The molecule has 1 aromatic rings. The molecule has 0 saturated carbocycles. The van der Waals surface area contributed by atoms with Crippen LogP contribution in [-0.2, 0) is 11.8 Å². The van der Waals surface area contributed by atoms with Gasteiger partial charge < -0.3 is 9.80 Å². The van der Waals surface area contributed by atoms with Gasteiger partial charge in [-0.25, -0.2) is 0 Å². The van der Waals surface area contributed by atoms with Gasteiger partial charge >= 0.3 is 0 Å². The van der Waals surface area contributed by atoms with Gasteiger partial charge in [0.1, 0.15) is 21.8 Å². The number of aromatic nitrogens is 1. The van der Waals surface area contributed by atoms with Gasteiger partial charge in [-0.3, -0.25) is 19.1 Å². The molecule has 0 spiro atoms. The van der Waals surface area contributed by atoms with Crippen LogP contribution in [0.5, 0.6) is 0 Å². The van der Waals surface area contributed by atoms with Crippen LogP contribution >= 0.6 is 24.0 Å². The predicted molar refractivity (Wildman–Crippen MR) is 125 cm³/mol. The Morgan fingerprint density at radius 3 is 2.53 bits per heavy atom. The van der Waals surface area contributed by atoms with Crippen LogP contribution in [0.25, 0.3) is 6.08 Å². The molecule has 3 heterocycles. The number of anilines is 1. The van der Waals surface area contributed by atoms with Crippen molar-refractivity contribution in [2.24, 2.45) is 7.05 Å². The molecular weight excluding hydrogens is 418 g/mol. The fourth-order valence-corrected chi connectivity index (χ4v) is 5.31. The Bertz CT molecular complexity index is 1020. The molecule has 0 aromatic carbocycles. The number of nitrogens with zero attached hydrogens (tertiary/aromatic N) is 4. The summed E-state index contributed by atoms with van der Waals surface area (Å²) in [6.07, 6.45) is 2.63. The number of likely N-dealkylation sites (N-methyl/N-ethyl adjacent to an activating group) is 1. The fourth-order valence-electron chi connectivity index (χ4n) is 3.87. The molecule has 1 atom stereocenters. The highest BCUT2D eigenvalue weighted by Crippen LogP contribution is 2.36.